The van der Waals surface area contributed by atoms with Crippen molar-refractivity contribution in [3.05, 3.63) is 364 Å². The zero-order valence-electron chi connectivity index (χ0n) is 83.8. The Hall–Kier alpha value is -14.4. The first-order valence-electron chi connectivity index (χ1n) is 50.1. The van der Waals surface area contributed by atoms with Gasteiger partial charge in [-0.25, -0.2) is 0 Å². The molecule has 0 aliphatic carbocycles. The van der Waals surface area contributed by atoms with E-state index >= 15 is 0 Å². The van der Waals surface area contributed by atoms with Gasteiger partial charge in [0.15, 0.2) is 0 Å². The van der Waals surface area contributed by atoms with Gasteiger partial charge in [-0.3, -0.25) is 0 Å². The maximum Gasteiger partial charge on any atom is 0.495 e. The molecule has 12 nitrogen and oxygen atoms in total. The summed E-state index contributed by atoms with van der Waals surface area (Å²) in [6, 6.07) is 129. The average Bonchev–Trinajstić information content (AvgIpc) is 1.52. The Kier molecular flexibility index (Phi) is 21.2. The molecule has 0 unspecified atom stereocenters. The second kappa shape index (κ2) is 33.6. The van der Waals surface area contributed by atoms with Gasteiger partial charge >= 0.3 is 28.5 Å². The number of fused-ring (bicyclic) bond motifs is 20. The van der Waals surface area contributed by atoms with Gasteiger partial charge in [0.1, 0.15) is 44.7 Å². The van der Waals surface area contributed by atoms with Crippen LogP contribution >= 0.6 is 0 Å². The molecule has 0 atom stereocenters. The zero-order chi connectivity index (χ0) is 98.6. The quantitative estimate of drug-likeness (QED) is 0.134. The van der Waals surface area contributed by atoms with Crippen molar-refractivity contribution in [1.82, 2.24) is 0 Å². The molecule has 144 heavy (non-hydrogen) atoms. The molecule has 16 heteroatoms. The third-order valence-corrected chi connectivity index (χ3v) is 32.4. The van der Waals surface area contributed by atoms with Crippen LogP contribution in [0.2, 0.25) is 0 Å². The Morgan fingerprint density at radius 1 is 0.160 bits per heavy atom. The van der Waals surface area contributed by atoms with Crippen molar-refractivity contribution in [2.75, 3.05) is 0 Å². The highest BCUT2D eigenvalue weighted by atomic mass is 16.7. The summed E-state index contributed by atoms with van der Waals surface area (Å²) < 4.78 is 76.5. The van der Waals surface area contributed by atoms with Crippen LogP contribution in [0.5, 0.6) is 0 Å². The lowest BCUT2D eigenvalue weighted by Crippen LogP contribution is -2.41. The third-order valence-electron chi connectivity index (χ3n) is 32.4. The Balaban J connectivity index is 0.000000101. The van der Waals surface area contributed by atoms with Gasteiger partial charge in [-0.2, -0.15) is 0 Å². The van der Waals surface area contributed by atoms with Crippen molar-refractivity contribution in [3.8, 4) is 44.5 Å². The highest BCUT2D eigenvalue weighted by Crippen LogP contribution is 2.49. The molecule has 8 heterocycles. The summed E-state index contributed by atoms with van der Waals surface area (Å²) in [4.78, 5) is 0. The van der Waals surface area contributed by atoms with Crippen molar-refractivity contribution in [3.63, 3.8) is 0 Å². The fourth-order valence-corrected chi connectivity index (χ4v) is 21.6. The predicted molar refractivity (Wildman–Crippen MR) is 600 cm³/mol. The molecule has 4 fully saturated rings. The normalized spacial score (nSPS) is 17.1. The number of para-hydroxylation sites is 1. The number of hydrogen-bond acceptors (Lipinski definition) is 12. The summed E-state index contributed by atoms with van der Waals surface area (Å²) >= 11 is 0. The van der Waals surface area contributed by atoms with Gasteiger partial charge in [-0.05, 0) is 349 Å². The predicted octanol–water partition coefficient (Wildman–Crippen LogP) is 31.4. The molecule has 4 aliphatic heterocycles. The minimum Gasteiger partial charge on any atom is -0.456 e. The molecular weight excluding hydrogens is 1770 g/mol. The van der Waals surface area contributed by atoms with E-state index in [1.807, 2.05) is 12.1 Å². The van der Waals surface area contributed by atoms with Crippen molar-refractivity contribution >= 4 is 224 Å². The van der Waals surface area contributed by atoms with E-state index in [1.54, 1.807) is 0 Å². The fourth-order valence-electron chi connectivity index (χ4n) is 21.6. The van der Waals surface area contributed by atoms with Gasteiger partial charge in [0, 0.05) is 48.7 Å². The summed E-state index contributed by atoms with van der Waals surface area (Å²) in [5, 5.41) is 28.1. The molecule has 4 aliphatic rings. The lowest BCUT2D eigenvalue weighted by atomic mass is 9.73. The first-order chi connectivity index (χ1) is 69.2. The van der Waals surface area contributed by atoms with Gasteiger partial charge in [0.25, 0.3) is 0 Å². The Morgan fingerprint density at radius 3 is 1.07 bits per heavy atom. The van der Waals surface area contributed by atoms with Gasteiger partial charge in [0.2, 0.25) is 0 Å². The van der Waals surface area contributed by atoms with E-state index in [0.717, 1.165) is 159 Å². The van der Waals surface area contributed by atoms with Crippen LogP contribution in [0.25, 0.3) is 218 Å². The molecule has 0 saturated carbocycles. The van der Waals surface area contributed by atoms with Crippen LogP contribution in [0.4, 0.5) is 0 Å². The molecule has 0 bridgehead atoms. The maximum atomic E-state index is 6.51. The highest BCUT2D eigenvalue weighted by molar-refractivity contribution is 6.66. The Morgan fingerprint density at radius 2 is 0.500 bits per heavy atom. The molecule has 20 aromatic carbocycles. The topological polar surface area (TPSA) is 126 Å². The smallest absolute Gasteiger partial charge is 0.456 e. The maximum absolute atomic E-state index is 6.51. The minimum absolute atomic E-state index is 0.367. The van der Waals surface area contributed by atoms with E-state index in [2.05, 4.69) is 463 Å². The molecule has 24 aromatic rings. The van der Waals surface area contributed by atoms with E-state index in [1.165, 1.54) is 81.3 Å². The largest absolute Gasteiger partial charge is 0.495 e. The fraction of sp³-hybridized carbons (Fsp3) is 0.188. The van der Waals surface area contributed by atoms with Crippen LogP contribution < -0.4 is 21.9 Å². The van der Waals surface area contributed by atoms with Crippen LogP contribution in [0.15, 0.2) is 382 Å². The second-order valence-electron chi connectivity index (χ2n) is 43.4. The first-order valence-corrected chi connectivity index (χ1v) is 50.1. The van der Waals surface area contributed by atoms with Crippen molar-refractivity contribution < 1.29 is 54.9 Å². The summed E-state index contributed by atoms with van der Waals surface area (Å²) in [5.41, 5.74) is 17.7. The number of furan rings is 4. The summed E-state index contributed by atoms with van der Waals surface area (Å²) in [7, 11) is -1.64. The van der Waals surface area contributed by atoms with Gasteiger partial charge in [-0.1, -0.05) is 273 Å². The molecule has 0 radical (unpaired) electrons. The molecule has 4 saturated heterocycles. The molecule has 704 valence electrons. The highest BCUT2D eigenvalue weighted by Gasteiger charge is 2.56. The van der Waals surface area contributed by atoms with Crippen LogP contribution in [-0.2, 0) is 37.2 Å². The number of rotatable bonds is 8. The minimum atomic E-state index is -0.449. The van der Waals surface area contributed by atoms with Gasteiger partial charge in [-0.15, -0.1) is 0 Å². The number of hydrogen-bond donors (Lipinski definition) is 0. The molecule has 0 amide bonds. The van der Waals surface area contributed by atoms with Crippen LogP contribution in [0.1, 0.15) is 111 Å². The standard InChI is InChI=1S/4C32H27BO3/c1-31(2)32(3,4)36-33(35-31)28-14-8-12-24-23(11-7-13-25(24)28)22-15-16-29-26(18-22)27-17-20-9-5-6-10-21(20)19-30(27)34-29;1-31(2)32(3,4)36-33(35-31)22-17-16-20-11-9-14-24(26(20)19-22)29-23-12-6-5-10-21(23)18-28-30(29)25-13-7-8-15-27(25)34-28;1-31(2)32(3,4)36-33(35-31)27-15-13-20-9-7-8-12-24(20)30(27)23-14-16-28-25(18-23)26-17-21-10-5-6-11-22(21)19-29(26)34-28;1-31(2)32(3,4)36-33(35-31)28-11-7-10-24-16-22(12-14-25(24)28)23-13-15-26-27-17-20-8-5-6-9-21(20)18-30(27)34-29(26)19-23/h4*5-19H,1-4H3. The second-order valence-corrected chi connectivity index (χ2v) is 43.4. The summed E-state index contributed by atoms with van der Waals surface area (Å²) in [6.45, 7) is 33.5. The van der Waals surface area contributed by atoms with Crippen LogP contribution in [0.3, 0.4) is 0 Å². The molecule has 4 aromatic heterocycles. The molecule has 0 N–H and O–H groups in total. The Bertz CT molecular complexity index is 9330. The lowest BCUT2D eigenvalue weighted by molar-refractivity contribution is 0.00578. The van der Waals surface area contributed by atoms with Crippen molar-refractivity contribution in [1.29, 1.82) is 0 Å². The monoisotopic (exact) mass is 1880 g/mol. The SMILES string of the molecule is CC1(C)OB(c2ccc3cccc(-c4c5ccccc5cc5oc6ccccc6c45)c3c2)OC1(C)C.CC1(C)OB(c2ccc3ccccc3c2-c2ccc3oc4cc5ccccc5cc4c3c2)OC1(C)C.CC1(C)OB(c2cccc3c(-c4ccc5oc6cc7ccccc7cc6c5c4)cccc23)OC1(C)C.CC1(C)OB(c2cccc3cc(-c4ccc5c(c4)oc4cc6ccccc6cc45)ccc23)OC1(C)C. The molecular formula is C128H108B4O12. The summed E-state index contributed by atoms with van der Waals surface area (Å²) in [6.07, 6.45) is 0. The molecule has 28 rings (SSSR count). The van der Waals surface area contributed by atoms with E-state index in [0.29, 0.717) is 0 Å². The Labute approximate surface area is 837 Å². The van der Waals surface area contributed by atoms with Crippen LogP contribution in [0, 0.1) is 0 Å². The average molecular weight is 1880 g/mol. The van der Waals surface area contributed by atoms with Crippen molar-refractivity contribution in [2.24, 2.45) is 0 Å². The van der Waals surface area contributed by atoms with E-state index in [9.17, 15) is 0 Å². The van der Waals surface area contributed by atoms with E-state index in [4.69, 9.17) is 54.9 Å². The third kappa shape index (κ3) is 15.3. The van der Waals surface area contributed by atoms with Gasteiger partial charge in [0.05, 0.1) is 44.8 Å². The first kappa shape index (κ1) is 90.9. The lowest BCUT2D eigenvalue weighted by Gasteiger charge is -2.32. The van der Waals surface area contributed by atoms with Gasteiger partial charge < -0.3 is 54.9 Å². The van der Waals surface area contributed by atoms with Crippen molar-refractivity contribution in [2.45, 2.75) is 156 Å². The van der Waals surface area contributed by atoms with E-state index < -0.39 is 32.6 Å². The zero-order valence-corrected chi connectivity index (χ0v) is 83.8. The van der Waals surface area contributed by atoms with E-state index in [-0.39, 0.29) is 40.7 Å². The summed E-state index contributed by atoms with van der Waals surface area (Å²) in [5.74, 6) is 0. The van der Waals surface area contributed by atoms with Crippen LogP contribution in [-0.4, -0.2) is 73.3 Å². The molecule has 0 spiro atoms. The number of benzene rings is 20.